The maximum absolute atomic E-state index is 13.1. The van der Waals surface area contributed by atoms with Gasteiger partial charge in [0.2, 0.25) is 11.8 Å². The fraction of sp³-hybridized carbons (Fsp3) is 0.579. The number of nitrogens with one attached hydrogen (secondary N) is 1. The quantitative estimate of drug-likeness (QED) is 0.921. The van der Waals surface area contributed by atoms with Crippen molar-refractivity contribution in [2.75, 3.05) is 13.1 Å². The maximum atomic E-state index is 13.1. The van der Waals surface area contributed by atoms with Gasteiger partial charge in [-0.05, 0) is 43.4 Å². The molecule has 1 aromatic rings. The third-order valence-corrected chi connectivity index (χ3v) is 5.22. The van der Waals surface area contributed by atoms with Gasteiger partial charge in [-0.25, -0.2) is 4.39 Å². The Morgan fingerprint density at radius 3 is 2.25 bits per heavy atom. The fourth-order valence-corrected chi connectivity index (χ4v) is 3.47. The van der Waals surface area contributed by atoms with Gasteiger partial charge in [0.15, 0.2) is 0 Å². The van der Waals surface area contributed by atoms with Crippen LogP contribution in [0.3, 0.4) is 0 Å². The van der Waals surface area contributed by atoms with E-state index in [9.17, 15) is 14.0 Å². The Hall–Kier alpha value is -1.91. The molecule has 24 heavy (non-hydrogen) atoms. The van der Waals surface area contributed by atoms with Gasteiger partial charge in [-0.2, -0.15) is 0 Å². The van der Waals surface area contributed by atoms with Crippen LogP contribution in [0.4, 0.5) is 4.39 Å². The van der Waals surface area contributed by atoms with Crippen LogP contribution in [-0.4, -0.2) is 35.8 Å². The minimum atomic E-state index is -0.474. The molecule has 2 fully saturated rings. The third-order valence-electron chi connectivity index (χ3n) is 5.22. The molecule has 1 aliphatic heterocycles. The van der Waals surface area contributed by atoms with E-state index >= 15 is 0 Å². The molecule has 1 saturated heterocycles. The number of benzene rings is 1. The van der Waals surface area contributed by atoms with Crippen molar-refractivity contribution in [3.8, 4) is 0 Å². The van der Waals surface area contributed by atoms with E-state index in [1.54, 1.807) is 12.1 Å². The lowest BCUT2D eigenvalue weighted by atomic mass is 9.93. The van der Waals surface area contributed by atoms with E-state index in [-0.39, 0.29) is 29.6 Å². The zero-order valence-electron chi connectivity index (χ0n) is 14.3. The lowest BCUT2D eigenvalue weighted by Gasteiger charge is -2.34. The Labute approximate surface area is 142 Å². The van der Waals surface area contributed by atoms with Gasteiger partial charge in [0, 0.05) is 25.0 Å². The van der Waals surface area contributed by atoms with Gasteiger partial charge in [-0.15, -0.1) is 0 Å². The molecule has 0 unspecified atom stereocenters. The summed E-state index contributed by atoms with van der Waals surface area (Å²) in [5.41, 5.74) is 0.423. The second-order valence-electron chi connectivity index (χ2n) is 7.32. The van der Waals surface area contributed by atoms with E-state index in [0.29, 0.717) is 13.1 Å². The van der Waals surface area contributed by atoms with Gasteiger partial charge in [0.25, 0.3) is 0 Å². The summed E-state index contributed by atoms with van der Waals surface area (Å²) in [6.45, 7) is 5.22. The van der Waals surface area contributed by atoms with Gasteiger partial charge in [-0.1, -0.05) is 26.0 Å². The first kappa shape index (κ1) is 16.9. The Bertz CT molecular complexity index is 615. The largest absolute Gasteiger partial charge is 0.352 e. The van der Waals surface area contributed by atoms with Crippen LogP contribution in [0, 0.1) is 11.7 Å². The number of carbonyl (C=O) groups is 2. The topological polar surface area (TPSA) is 49.4 Å². The number of carbonyl (C=O) groups excluding carboxylic acids is 2. The van der Waals surface area contributed by atoms with E-state index in [1.807, 2.05) is 18.7 Å². The van der Waals surface area contributed by atoms with Crippen molar-refractivity contribution in [1.82, 2.24) is 10.2 Å². The second kappa shape index (κ2) is 6.54. The van der Waals surface area contributed by atoms with Crippen molar-refractivity contribution in [2.45, 2.75) is 51.0 Å². The number of nitrogens with zero attached hydrogens (tertiary/aromatic N) is 1. The molecule has 1 saturated carbocycles. The Morgan fingerprint density at radius 2 is 1.75 bits per heavy atom. The first-order chi connectivity index (χ1) is 11.4. The van der Waals surface area contributed by atoms with Crippen molar-refractivity contribution in [1.29, 1.82) is 0 Å². The van der Waals surface area contributed by atoms with E-state index in [1.165, 1.54) is 12.1 Å². The summed E-state index contributed by atoms with van der Waals surface area (Å²) in [4.78, 5) is 26.6. The van der Waals surface area contributed by atoms with Crippen LogP contribution >= 0.6 is 0 Å². The number of amides is 2. The van der Waals surface area contributed by atoms with Crippen molar-refractivity contribution in [3.63, 3.8) is 0 Å². The molecule has 0 radical (unpaired) electrons. The summed E-state index contributed by atoms with van der Waals surface area (Å²) in [7, 11) is 0. The van der Waals surface area contributed by atoms with Gasteiger partial charge in [-0.3, -0.25) is 9.59 Å². The summed E-state index contributed by atoms with van der Waals surface area (Å²) < 4.78 is 13.1. The van der Waals surface area contributed by atoms with Crippen LogP contribution in [-0.2, 0) is 15.0 Å². The summed E-state index contributed by atoms with van der Waals surface area (Å²) in [6.07, 6.45) is 3.22. The van der Waals surface area contributed by atoms with Crippen molar-refractivity contribution >= 4 is 11.8 Å². The monoisotopic (exact) mass is 332 g/mol. The number of hydrogen-bond donors (Lipinski definition) is 1. The highest BCUT2D eigenvalue weighted by molar-refractivity contribution is 5.91. The standard InChI is InChI=1S/C19H25FN2O2/c1-13(2)17(23)22-11-7-16(8-12-22)21-18(24)19(9-10-19)14-3-5-15(20)6-4-14/h3-6,13,16H,7-12H2,1-2H3,(H,21,24). The van der Waals surface area contributed by atoms with E-state index < -0.39 is 5.41 Å². The highest BCUT2D eigenvalue weighted by Gasteiger charge is 2.51. The molecule has 2 aliphatic rings. The van der Waals surface area contributed by atoms with Crippen molar-refractivity contribution in [2.24, 2.45) is 5.92 Å². The highest BCUT2D eigenvalue weighted by Crippen LogP contribution is 2.48. The molecule has 0 bridgehead atoms. The SMILES string of the molecule is CC(C)C(=O)N1CCC(NC(=O)C2(c3ccc(F)cc3)CC2)CC1. The number of piperidine rings is 1. The summed E-state index contributed by atoms with van der Waals surface area (Å²) in [6, 6.07) is 6.38. The first-order valence-corrected chi connectivity index (χ1v) is 8.78. The Balaban J connectivity index is 1.57. The predicted octanol–water partition coefficient (Wildman–Crippen LogP) is 2.62. The molecule has 0 aromatic heterocycles. The Morgan fingerprint density at radius 1 is 1.17 bits per heavy atom. The van der Waals surface area contributed by atoms with Crippen LogP contribution in [0.15, 0.2) is 24.3 Å². The van der Waals surface area contributed by atoms with Gasteiger partial charge in [0.05, 0.1) is 5.41 Å². The molecular formula is C19H25FN2O2. The van der Waals surface area contributed by atoms with Crippen molar-refractivity contribution < 1.29 is 14.0 Å². The molecule has 1 aromatic carbocycles. The summed E-state index contributed by atoms with van der Waals surface area (Å²) in [5.74, 6) is -0.0333. The normalized spacial score (nSPS) is 20.1. The molecular weight excluding hydrogens is 307 g/mol. The van der Waals surface area contributed by atoms with E-state index in [2.05, 4.69) is 5.32 Å². The summed E-state index contributed by atoms with van der Waals surface area (Å²) in [5, 5.41) is 3.15. The fourth-order valence-electron chi connectivity index (χ4n) is 3.47. The molecule has 130 valence electrons. The second-order valence-corrected chi connectivity index (χ2v) is 7.32. The molecule has 1 heterocycles. The average Bonchev–Trinajstić information content (AvgIpc) is 3.37. The van der Waals surface area contributed by atoms with Crippen LogP contribution < -0.4 is 5.32 Å². The minimum Gasteiger partial charge on any atom is -0.352 e. The van der Waals surface area contributed by atoms with Gasteiger partial charge in [0.1, 0.15) is 5.82 Å². The Kier molecular flexibility index (Phi) is 4.61. The molecule has 1 N–H and O–H groups in total. The minimum absolute atomic E-state index is 0.0179. The van der Waals surface area contributed by atoms with Gasteiger partial charge < -0.3 is 10.2 Å². The number of halogens is 1. The van der Waals surface area contributed by atoms with Crippen molar-refractivity contribution in [3.05, 3.63) is 35.6 Å². The zero-order chi connectivity index (χ0) is 17.3. The lowest BCUT2D eigenvalue weighted by molar-refractivity contribution is -0.135. The first-order valence-electron chi connectivity index (χ1n) is 8.78. The molecule has 2 amide bonds. The number of hydrogen-bond acceptors (Lipinski definition) is 2. The molecule has 3 rings (SSSR count). The van der Waals surface area contributed by atoms with Crippen LogP contribution in [0.25, 0.3) is 0 Å². The van der Waals surface area contributed by atoms with Crippen LogP contribution in [0.5, 0.6) is 0 Å². The molecule has 0 atom stereocenters. The third kappa shape index (κ3) is 3.30. The molecule has 1 aliphatic carbocycles. The number of likely N-dealkylation sites (tertiary alicyclic amines) is 1. The molecule has 4 nitrogen and oxygen atoms in total. The summed E-state index contributed by atoms with van der Waals surface area (Å²) >= 11 is 0. The lowest BCUT2D eigenvalue weighted by Crippen LogP contribution is -2.49. The van der Waals surface area contributed by atoms with Crippen LogP contribution in [0.2, 0.25) is 0 Å². The van der Waals surface area contributed by atoms with Gasteiger partial charge >= 0.3 is 0 Å². The molecule has 0 spiro atoms. The number of rotatable bonds is 4. The van der Waals surface area contributed by atoms with Crippen LogP contribution in [0.1, 0.15) is 45.1 Å². The zero-order valence-corrected chi connectivity index (χ0v) is 14.3. The van der Waals surface area contributed by atoms with E-state index in [0.717, 1.165) is 31.2 Å². The predicted molar refractivity (Wildman–Crippen MR) is 89.9 cm³/mol. The average molecular weight is 332 g/mol. The highest BCUT2D eigenvalue weighted by atomic mass is 19.1. The smallest absolute Gasteiger partial charge is 0.230 e. The van der Waals surface area contributed by atoms with E-state index in [4.69, 9.17) is 0 Å². The molecule has 5 heteroatoms. The maximum Gasteiger partial charge on any atom is 0.230 e.